The third-order valence-electron chi connectivity index (χ3n) is 15.5. The third kappa shape index (κ3) is 15.8. The lowest BCUT2D eigenvalue weighted by molar-refractivity contribution is -0.941. The van der Waals surface area contributed by atoms with Crippen molar-refractivity contribution in [3.63, 3.8) is 0 Å². The Morgan fingerprint density at radius 1 is 0.416 bits per heavy atom. The zero-order valence-electron chi connectivity index (χ0n) is 47.6. The second kappa shape index (κ2) is 30.5. The summed E-state index contributed by atoms with van der Waals surface area (Å²) in [5.41, 5.74) is 7.00. The van der Waals surface area contributed by atoms with Gasteiger partial charge in [0.15, 0.2) is 46.0 Å². The van der Waals surface area contributed by atoms with Gasteiger partial charge in [0.2, 0.25) is 11.5 Å². The quantitative estimate of drug-likeness (QED) is 0.0426. The Hall–Kier alpha value is -5.68. The number of rotatable bonds is 30. The van der Waals surface area contributed by atoms with E-state index in [-0.39, 0.29) is 48.8 Å². The molecule has 4 aromatic rings. The summed E-state index contributed by atoms with van der Waals surface area (Å²) in [5.74, 6) is 6.04. The first-order valence-electron chi connectivity index (χ1n) is 26.3. The number of hydrogen-bond acceptors (Lipinski definition) is 14. The minimum atomic E-state index is -0.173. The van der Waals surface area contributed by atoms with Crippen LogP contribution in [0.5, 0.6) is 57.5 Å². The average Bonchev–Trinajstić information content (AvgIpc) is 3.43. The molecule has 0 spiro atoms. The van der Waals surface area contributed by atoms with Gasteiger partial charge in [-0.25, -0.2) is 0 Å². The number of methoxy groups -OCH3 is 10. The second-order valence-electron chi connectivity index (χ2n) is 20.1. The molecule has 0 bridgehead atoms. The molecule has 428 valence electrons. The molecule has 0 fully saturated rings. The van der Waals surface area contributed by atoms with Crippen molar-refractivity contribution in [1.29, 1.82) is 0 Å². The molecule has 0 amide bonds. The van der Waals surface area contributed by atoms with E-state index in [2.05, 4.69) is 38.4 Å². The van der Waals surface area contributed by atoms with Gasteiger partial charge in [-0.2, -0.15) is 0 Å². The van der Waals surface area contributed by atoms with Gasteiger partial charge in [-0.05, 0) is 83.6 Å². The summed E-state index contributed by atoms with van der Waals surface area (Å²) in [4.78, 5) is 25.7. The predicted molar refractivity (Wildman–Crippen MR) is 287 cm³/mol. The van der Waals surface area contributed by atoms with Crippen LogP contribution in [0.4, 0.5) is 0 Å². The zero-order chi connectivity index (χ0) is 54.1. The van der Waals surface area contributed by atoms with Gasteiger partial charge in [-0.15, -0.1) is 0 Å². The van der Waals surface area contributed by atoms with Crippen LogP contribution in [0.2, 0.25) is 0 Å². The number of likely N-dealkylation sites (N-methyl/N-ethyl adjacent to an activating group) is 2. The number of quaternary nitrogens is 2. The van der Waals surface area contributed by atoms with Crippen molar-refractivity contribution in [1.82, 2.24) is 0 Å². The molecular formula is C59H84Cl2N2O14. The van der Waals surface area contributed by atoms with Crippen LogP contribution < -0.4 is 72.2 Å². The Morgan fingerprint density at radius 2 is 0.727 bits per heavy atom. The van der Waals surface area contributed by atoms with Crippen LogP contribution in [0, 0.1) is 0 Å². The SMILES string of the molecule is COc1cc2c(cc1OC)[C@@H](Cc1cc(OC)c(OC)c(OC)c1)[N@+](C)(CCCOC(=O)CCCCCCCC(=O)OCCC[N@@+]1(C)CCc3cc(OC)c(OC)cc3[C@@H]1Cc1cc(OC)c(OC)c(OC)c1)CC2.[Cl-].[Cl-]. The average molecular weight is 1120 g/mol. The molecule has 0 radical (unpaired) electrons. The maximum atomic E-state index is 12.9. The van der Waals surface area contributed by atoms with Gasteiger partial charge >= 0.3 is 11.9 Å². The van der Waals surface area contributed by atoms with Crippen molar-refractivity contribution in [3.8, 4) is 57.5 Å². The van der Waals surface area contributed by atoms with Gasteiger partial charge in [0.1, 0.15) is 12.1 Å². The lowest BCUT2D eigenvalue weighted by atomic mass is 9.86. The first-order valence-corrected chi connectivity index (χ1v) is 26.3. The predicted octanol–water partition coefficient (Wildman–Crippen LogP) is 3.65. The number of benzene rings is 4. The number of esters is 2. The number of fused-ring (bicyclic) bond motifs is 2. The Labute approximate surface area is 469 Å². The molecule has 0 saturated heterocycles. The number of carbonyl (C=O) groups excluding carboxylic acids is 2. The van der Waals surface area contributed by atoms with E-state index in [1.54, 1.807) is 71.1 Å². The van der Waals surface area contributed by atoms with E-state index in [1.807, 2.05) is 24.3 Å². The van der Waals surface area contributed by atoms with Crippen molar-refractivity contribution < 1.29 is 100 Å². The van der Waals surface area contributed by atoms with Crippen LogP contribution in [-0.2, 0) is 44.7 Å². The first-order chi connectivity index (χ1) is 36.2. The van der Waals surface area contributed by atoms with E-state index < -0.39 is 0 Å². The lowest BCUT2D eigenvalue weighted by Crippen LogP contribution is -3.00. The summed E-state index contributed by atoms with van der Waals surface area (Å²) in [6.07, 6.45) is 9.60. The van der Waals surface area contributed by atoms with Gasteiger partial charge in [-0.3, -0.25) is 9.59 Å². The van der Waals surface area contributed by atoms with E-state index in [9.17, 15) is 9.59 Å². The summed E-state index contributed by atoms with van der Waals surface area (Å²) in [6.45, 7) is 4.17. The highest BCUT2D eigenvalue weighted by molar-refractivity contribution is 5.69. The molecule has 2 aliphatic heterocycles. The molecule has 2 heterocycles. The van der Waals surface area contributed by atoms with E-state index in [0.717, 1.165) is 116 Å². The highest BCUT2D eigenvalue weighted by Crippen LogP contribution is 2.47. The Balaban J connectivity index is 0.00000640. The Bertz CT molecular complexity index is 2320. The topological polar surface area (TPSA) is 145 Å². The molecule has 0 N–H and O–H groups in total. The Morgan fingerprint density at radius 3 is 1.04 bits per heavy atom. The van der Waals surface area contributed by atoms with Crippen LogP contribution >= 0.6 is 0 Å². The molecular weight excluding hydrogens is 1030 g/mol. The molecule has 77 heavy (non-hydrogen) atoms. The molecule has 16 nitrogen and oxygen atoms in total. The molecule has 0 saturated carbocycles. The molecule has 18 heteroatoms. The lowest BCUT2D eigenvalue weighted by Gasteiger charge is -2.46. The van der Waals surface area contributed by atoms with E-state index in [0.29, 0.717) is 84.9 Å². The standard InChI is InChI=1S/C59H84N2O14.2ClH/c1-60(26-22-42-36-48(64-3)50(66-5)38-44(42)46(60)30-40-32-52(68-7)58(72-11)53(33-40)69-8)24-18-28-74-56(62)20-16-14-13-15-17-21-57(63)75-29-19-25-61(2)27-23-43-37-49(65-4)51(67-6)39-45(43)47(61)31-41-34-54(70-9)59(73-12)55(35-41)71-10;;/h32-39,46-47H,13-31H2,1-12H3;2*1H/q+2;;/p-2/t46-,47+,60-,61+;;. The summed E-state index contributed by atoms with van der Waals surface area (Å²) in [5, 5.41) is 0. The largest absolute Gasteiger partial charge is 1.00 e. The highest BCUT2D eigenvalue weighted by Gasteiger charge is 2.42. The fourth-order valence-corrected chi connectivity index (χ4v) is 11.2. The van der Waals surface area contributed by atoms with E-state index in [4.69, 9.17) is 56.8 Å². The van der Waals surface area contributed by atoms with Gasteiger partial charge in [0.25, 0.3) is 0 Å². The van der Waals surface area contributed by atoms with Crippen LogP contribution in [0.1, 0.15) is 103 Å². The summed E-state index contributed by atoms with van der Waals surface area (Å²) in [7, 11) is 21.0. The molecule has 2 aliphatic rings. The number of ether oxygens (including phenoxy) is 12. The summed E-state index contributed by atoms with van der Waals surface area (Å²) < 4.78 is 70.0. The smallest absolute Gasteiger partial charge is 0.305 e. The number of carbonyl (C=O) groups is 2. The first kappa shape index (κ1) is 63.8. The minimum absolute atomic E-state index is 0. The van der Waals surface area contributed by atoms with Crippen molar-refractivity contribution in [2.75, 3.05) is 125 Å². The zero-order valence-corrected chi connectivity index (χ0v) is 49.1. The fraction of sp³-hybridized carbons (Fsp3) is 0.559. The monoisotopic (exact) mass is 1110 g/mol. The van der Waals surface area contributed by atoms with Crippen LogP contribution in [0.25, 0.3) is 0 Å². The summed E-state index contributed by atoms with van der Waals surface area (Å²) in [6, 6.07) is 16.6. The van der Waals surface area contributed by atoms with Crippen LogP contribution in [0.15, 0.2) is 48.5 Å². The second-order valence-corrected chi connectivity index (χ2v) is 20.1. The molecule has 4 atom stereocenters. The number of halogens is 2. The highest BCUT2D eigenvalue weighted by atomic mass is 35.5. The normalized spacial score (nSPS) is 18.2. The maximum Gasteiger partial charge on any atom is 0.305 e. The van der Waals surface area contributed by atoms with E-state index >= 15 is 0 Å². The van der Waals surface area contributed by atoms with Crippen LogP contribution in [0.3, 0.4) is 0 Å². The van der Waals surface area contributed by atoms with Gasteiger partial charge in [0, 0.05) is 62.5 Å². The van der Waals surface area contributed by atoms with E-state index in [1.165, 1.54) is 22.3 Å². The van der Waals surface area contributed by atoms with Crippen molar-refractivity contribution in [2.45, 2.75) is 95.6 Å². The minimum Gasteiger partial charge on any atom is -1.00 e. The maximum absolute atomic E-state index is 12.9. The number of unbranched alkanes of at least 4 members (excludes halogenated alkanes) is 4. The fourth-order valence-electron chi connectivity index (χ4n) is 11.2. The number of hydrogen-bond donors (Lipinski definition) is 0. The van der Waals surface area contributed by atoms with Crippen molar-refractivity contribution in [3.05, 3.63) is 81.9 Å². The molecule has 0 aromatic heterocycles. The van der Waals surface area contributed by atoms with Gasteiger partial charge < -0.3 is 90.6 Å². The summed E-state index contributed by atoms with van der Waals surface area (Å²) >= 11 is 0. The molecule has 4 aromatic carbocycles. The van der Waals surface area contributed by atoms with Crippen molar-refractivity contribution >= 4 is 11.9 Å². The molecule has 0 aliphatic carbocycles. The van der Waals surface area contributed by atoms with Gasteiger partial charge in [-0.1, -0.05) is 19.3 Å². The Kier molecular flexibility index (Phi) is 25.3. The van der Waals surface area contributed by atoms with Crippen LogP contribution in [-0.4, -0.2) is 145 Å². The third-order valence-corrected chi connectivity index (χ3v) is 15.5. The molecule has 6 rings (SSSR count). The number of nitrogens with zero attached hydrogens (tertiary/aromatic N) is 2. The van der Waals surface area contributed by atoms with Gasteiger partial charge in [0.05, 0.1) is 125 Å². The molecule has 0 unspecified atom stereocenters. The van der Waals surface area contributed by atoms with Crippen molar-refractivity contribution in [2.24, 2.45) is 0 Å².